The van der Waals surface area contributed by atoms with Gasteiger partial charge in [0.05, 0.1) is 12.2 Å². The monoisotopic (exact) mass is 277 g/mol. The zero-order valence-corrected chi connectivity index (χ0v) is 12.7. The maximum Gasteiger partial charge on any atom is 0.0802 e. The molecule has 0 saturated carbocycles. The number of aliphatic hydroxyl groups is 1. The third-order valence-corrected chi connectivity index (χ3v) is 4.12. The van der Waals surface area contributed by atoms with E-state index in [1.165, 1.54) is 5.56 Å². The van der Waals surface area contributed by atoms with Crippen molar-refractivity contribution in [1.82, 2.24) is 4.90 Å². The highest BCUT2D eigenvalue weighted by molar-refractivity contribution is 5.23. The van der Waals surface area contributed by atoms with Crippen LogP contribution in [0.25, 0.3) is 0 Å². The normalized spacial score (nSPS) is 19.1. The summed E-state index contributed by atoms with van der Waals surface area (Å²) >= 11 is 0. The van der Waals surface area contributed by atoms with Gasteiger partial charge in [-0.15, -0.1) is 0 Å². The number of likely N-dealkylation sites (tertiary alicyclic amines) is 1. The molecule has 3 heteroatoms. The molecule has 0 radical (unpaired) electrons. The molecule has 1 saturated heterocycles. The molecule has 1 N–H and O–H groups in total. The molecule has 3 nitrogen and oxygen atoms in total. The van der Waals surface area contributed by atoms with Crippen molar-refractivity contribution in [1.29, 1.82) is 0 Å². The summed E-state index contributed by atoms with van der Waals surface area (Å²) < 4.78 is 5.66. The van der Waals surface area contributed by atoms with Gasteiger partial charge in [-0.05, 0) is 38.7 Å². The quantitative estimate of drug-likeness (QED) is 0.868. The molecule has 1 aliphatic rings. The van der Waals surface area contributed by atoms with E-state index in [0.29, 0.717) is 6.10 Å². The first-order valence-electron chi connectivity index (χ1n) is 7.77. The molecule has 20 heavy (non-hydrogen) atoms. The van der Waals surface area contributed by atoms with Crippen LogP contribution in [0.5, 0.6) is 0 Å². The minimum Gasteiger partial charge on any atom is -0.388 e. The molecule has 1 heterocycles. The number of aryl methyl sites for hydroxylation is 1. The fourth-order valence-corrected chi connectivity index (χ4v) is 2.80. The minimum atomic E-state index is -0.347. The second kappa shape index (κ2) is 7.77. The molecule has 0 amide bonds. The third kappa shape index (κ3) is 4.58. The third-order valence-electron chi connectivity index (χ3n) is 4.12. The fourth-order valence-electron chi connectivity index (χ4n) is 2.80. The van der Waals surface area contributed by atoms with E-state index in [-0.39, 0.29) is 6.10 Å². The first-order valence-corrected chi connectivity index (χ1v) is 7.77. The predicted molar refractivity (Wildman–Crippen MR) is 81.8 cm³/mol. The lowest BCUT2D eigenvalue weighted by molar-refractivity contribution is 0.0112. The molecule has 2 rings (SSSR count). The Bertz CT molecular complexity index is 382. The van der Waals surface area contributed by atoms with Crippen LogP contribution in [0.2, 0.25) is 0 Å². The molecule has 1 aromatic rings. The lowest BCUT2D eigenvalue weighted by atomic mass is 10.0. The van der Waals surface area contributed by atoms with E-state index >= 15 is 0 Å². The highest BCUT2D eigenvalue weighted by Gasteiger charge is 2.19. The Hall–Kier alpha value is -0.900. The first-order chi connectivity index (χ1) is 9.69. The number of rotatable bonds is 6. The van der Waals surface area contributed by atoms with Crippen LogP contribution in [0.1, 0.15) is 43.4 Å². The molecule has 1 atom stereocenters. The van der Waals surface area contributed by atoms with Gasteiger partial charge in [-0.1, -0.05) is 29.8 Å². The lowest BCUT2D eigenvalue weighted by Crippen LogP contribution is -2.37. The summed E-state index contributed by atoms with van der Waals surface area (Å²) in [7, 11) is 0. The molecular formula is C17H27NO2. The first kappa shape index (κ1) is 15.5. The molecule has 0 aliphatic carbocycles. The van der Waals surface area contributed by atoms with Crippen molar-refractivity contribution in [3.63, 3.8) is 0 Å². The van der Waals surface area contributed by atoms with Crippen molar-refractivity contribution >= 4 is 0 Å². The molecular weight excluding hydrogens is 250 g/mol. The Balaban J connectivity index is 1.71. The molecule has 0 bridgehead atoms. The van der Waals surface area contributed by atoms with Gasteiger partial charge in [0, 0.05) is 26.2 Å². The number of nitrogens with zero attached hydrogens (tertiary/aromatic N) is 1. The molecule has 1 unspecified atom stereocenters. The topological polar surface area (TPSA) is 32.7 Å². The fraction of sp³-hybridized carbons (Fsp3) is 0.647. The predicted octanol–water partition coefficient (Wildman–Crippen LogP) is 2.92. The van der Waals surface area contributed by atoms with Crippen LogP contribution in [-0.4, -0.2) is 42.4 Å². The van der Waals surface area contributed by atoms with Gasteiger partial charge >= 0.3 is 0 Å². The average molecular weight is 277 g/mol. The summed E-state index contributed by atoms with van der Waals surface area (Å²) in [6.45, 7) is 8.09. The molecule has 1 fully saturated rings. The van der Waals surface area contributed by atoms with E-state index in [4.69, 9.17) is 4.74 Å². The van der Waals surface area contributed by atoms with E-state index in [1.807, 2.05) is 12.1 Å². The van der Waals surface area contributed by atoms with Gasteiger partial charge in [0.2, 0.25) is 0 Å². The van der Waals surface area contributed by atoms with Gasteiger partial charge in [0.15, 0.2) is 0 Å². The van der Waals surface area contributed by atoms with Crippen LogP contribution >= 0.6 is 0 Å². The van der Waals surface area contributed by atoms with Gasteiger partial charge in [0.1, 0.15) is 0 Å². The number of piperidine rings is 1. The standard InChI is InChI=1S/C17H27NO2/c1-3-20-16-8-11-18(12-9-16)13-10-17(19)15-6-4-14(2)5-7-15/h4-7,16-17,19H,3,8-13H2,1-2H3. The molecule has 0 spiro atoms. The van der Waals surface area contributed by atoms with Gasteiger partial charge in [-0.3, -0.25) is 0 Å². The van der Waals surface area contributed by atoms with Gasteiger partial charge < -0.3 is 14.7 Å². The van der Waals surface area contributed by atoms with Crippen LogP contribution in [0.4, 0.5) is 0 Å². The van der Waals surface area contributed by atoms with E-state index in [0.717, 1.165) is 51.1 Å². The summed E-state index contributed by atoms with van der Waals surface area (Å²) in [5, 5.41) is 10.2. The number of hydrogen-bond donors (Lipinski definition) is 1. The summed E-state index contributed by atoms with van der Waals surface area (Å²) in [5.74, 6) is 0. The average Bonchev–Trinajstić information content (AvgIpc) is 2.47. The van der Waals surface area contributed by atoms with Crippen molar-refractivity contribution in [2.24, 2.45) is 0 Å². The summed E-state index contributed by atoms with van der Waals surface area (Å²) in [4.78, 5) is 2.44. The molecule has 1 aromatic carbocycles. The van der Waals surface area contributed by atoms with Crippen molar-refractivity contribution < 1.29 is 9.84 Å². The van der Waals surface area contributed by atoms with Crippen LogP contribution in [-0.2, 0) is 4.74 Å². The van der Waals surface area contributed by atoms with Crippen LogP contribution < -0.4 is 0 Å². The van der Waals surface area contributed by atoms with Crippen molar-refractivity contribution in [3.8, 4) is 0 Å². The Morgan fingerprint density at radius 2 is 1.90 bits per heavy atom. The van der Waals surface area contributed by atoms with E-state index < -0.39 is 0 Å². The van der Waals surface area contributed by atoms with Gasteiger partial charge in [-0.25, -0.2) is 0 Å². The molecule has 0 aromatic heterocycles. The second-order valence-electron chi connectivity index (χ2n) is 5.71. The molecule has 1 aliphatic heterocycles. The van der Waals surface area contributed by atoms with Gasteiger partial charge in [-0.2, -0.15) is 0 Å². The Labute approximate surface area is 122 Å². The highest BCUT2D eigenvalue weighted by atomic mass is 16.5. The van der Waals surface area contributed by atoms with E-state index in [1.54, 1.807) is 0 Å². The Morgan fingerprint density at radius 3 is 2.50 bits per heavy atom. The zero-order chi connectivity index (χ0) is 14.4. The number of hydrogen-bond acceptors (Lipinski definition) is 3. The van der Waals surface area contributed by atoms with Crippen molar-refractivity contribution in [3.05, 3.63) is 35.4 Å². The lowest BCUT2D eigenvalue weighted by Gasteiger charge is -2.32. The van der Waals surface area contributed by atoms with Crippen LogP contribution in [0, 0.1) is 6.92 Å². The summed E-state index contributed by atoms with van der Waals surface area (Å²) in [6.07, 6.45) is 3.14. The zero-order valence-electron chi connectivity index (χ0n) is 12.7. The van der Waals surface area contributed by atoms with Crippen LogP contribution in [0.3, 0.4) is 0 Å². The Kier molecular flexibility index (Phi) is 6.02. The summed E-state index contributed by atoms with van der Waals surface area (Å²) in [5.41, 5.74) is 2.26. The van der Waals surface area contributed by atoms with Crippen molar-refractivity contribution in [2.75, 3.05) is 26.2 Å². The largest absolute Gasteiger partial charge is 0.388 e. The smallest absolute Gasteiger partial charge is 0.0802 e. The number of ether oxygens (including phenoxy) is 1. The van der Waals surface area contributed by atoms with E-state index in [9.17, 15) is 5.11 Å². The molecule has 112 valence electrons. The van der Waals surface area contributed by atoms with Crippen LogP contribution in [0.15, 0.2) is 24.3 Å². The minimum absolute atomic E-state index is 0.347. The maximum absolute atomic E-state index is 10.2. The maximum atomic E-state index is 10.2. The van der Waals surface area contributed by atoms with Crippen molar-refractivity contribution in [2.45, 2.75) is 45.3 Å². The SMILES string of the molecule is CCOC1CCN(CCC(O)c2ccc(C)cc2)CC1. The summed E-state index contributed by atoms with van der Waals surface area (Å²) in [6, 6.07) is 8.18. The van der Waals surface area contributed by atoms with E-state index in [2.05, 4.69) is 30.9 Å². The number of benzene rings is 1. The number of aliphatic hydroxyl groups excluding tert-OH is 1. The Morgan fingerprint density at radius 1 is 1.25 bits per heavy atom. The van der Waals surface area contributed by atoms with Gasteiger partial charge in [0.25, 0.3) is 0 Å². The highest BCUT2D eigenvalue weighted by Crippen LogP contribution is 2.19. The second-order valence-corrected chi connectivity index (χ2v) is 5.71.